The van der Waals surface area contributed by atoms with Crippen LogP contribution in [0.25, 0.3) is 0 Å². The van der Waals surface area contributed by atoms with Crippen LogP contribution in [0.15, 0.2) is 10.6 Å². The van der Waals surface area contributed by atoms with Gasteiger partial charge in [-0.3, -0.25) is 4.79 Å². The Balaban J connectivity index is 1.59. The van der Waals surface area contributed by atoms with Crippen LogP contribution in [0.3, 0.4) is 0 Å². The van der Waals surface area contributed by atoms with E-state index in [4.69, 9.17) is 9.26 Å². The van der Waals surface area contributed by atoms with E-state index in [0.29, 0.717) is 19.1 Å². The molecular weight excluding hydrogens is 290 g/mol. The van der Waals surface area contributed by atoms with Gasteiger partial charge in [0.1, 0.15) is 5.01 Å². The Hall–Kier alpha value is -1.73. The van der Waals surface area contributed by atoms with Gasteiger partial charge in [0.25, 0.3) is 5.91 Å². The standard InChI is InChI=1S/C14H17N3O3S/c1-8-12(21-13(16-8)7-19-2)6-15-14(18)11-5-10(17-20-11)9-3-4-9/h5,9H,3-4,6-7H2,1-2H3,(H,15,18). The Morgan fingerprint density at radius 1 is 1.57 bits per heavy atom. The maximum atomic E-state index is 12.0. The summed E-state index contributed by atoms with van der Waals surface area (Å²) in [5.74, 6) is 0.516. The molecule has 1 aliphatic carbocycles. The summed E-state index contributed by atoms with van der Waals surface area (Å²) in [4.78, 5) is 17.5. The molecule has 1 aliphatic rings. The van der Waals surface area contributed by atoms with Gasteiger partial charge in [-0.2, -0.15) is 0 Å². The maximum Gasteiger partial charge on any atom is 0.290 e. The fourth-order valence-corrected chi connectivity index (χ4v) is 3.03. The molecule has 2 aromatic rings. The summed E-state index contributed by atoms with van der Waals surface area (Å²) in [5, 5.41) is 7.69. The molecule has 0 atom stereocenters. The Labute approximate surface area is 126 Å². The Morgan fingerprint density at radius 2 is 2.38 bits per heavy atom. The van der Waals surface area contributed by atoms with Gasteiger partial charge in [0, 0.05) is 24.0 Å². The fourth-order valence-electron chi connectivity index (χ4n) is 2.05. The third kappa shape index (κ3) is 3.30. The summed E-state index contributed by atoms with van der Waals surface area (Å²) in [7, 11) is 1.64. The molecule has 1 saturated carbocycles. The highest BCUT2D eigenvalue weighted by Crippen LogP contribution is 2.39. The van der Waals surface area contributed by atoms with Crippen LogP contribution in [0.5, 0.6) is 0 Å². The molecule has 3 rings (SSSR count). The van der Waals surface area contributed by atoms with Gasteiger partial charge >= 0.3 is 0 Å². The summed E-state index contributed by atoms with van der Waals surface area (Å²) in [6.07, 6.45) is 2.27. The van der Waals surface area contributed by atoms with E-state index in [1.54, 1.807) is 24.5 Å². The number of nitrogens with zero attached hydrogens (tertiary/aromatic N) is 2. The quantitative estimate of drug-likeness (QED) is 0.886. The highest BCUT2D eigenvalue weighted by Gasteiger charge is 2.28. The topological polar surface area (TPSA) is 77.2 Å². The lowest BCUT2D eigenvalue weighted by Crippen LogP contribution is -2.22. The normalized spacial score (nSPS) is 14.4. The molecule has 0 spiro atoms. The van der Waals surface area contributed by atoms with Crippen molar-refractivity contribution in [3.05, 3.63) is 33.1 Å². The van der Waals surface area contributed by atoms with Crippen molar-refractivity contribution in [3.63, 3.8) is 0 Å². The van der Waals surface area contributed by atoms with E-state index in [0.717, 1.165) is 34.1 Å². The second-order valence-corrected chi connectivity index (χ2v) is 6.29. The van der Waals surface area contributed by atoms with Crippen LogP contribution in [-0.2, 0) is 17.9 Å². The Bertz CT molecular complexity index is 646. The first-order chi connectivity index (χ1) is 10.2. The monoisotopic (exact) mass is 307 g/mol. The number of carbonyl (C=O) groups excluding carboxylic acids is 1. The summed E-state index contributed by atoms with van der Waals surface area (Å²) in [6, 6.07) is 1.74. The number of hydrogen-bond acceptors (Lipinski definition) is 6. The molecule has 21 heavy (non-hydrogen) atoms. The van der Waals surface area contributed by atoms with Crippen LogP contribution >= 0.6 is 11.3 Å². The molecule has 0 radical (unpaired) electrons. The van der Waals surface area contributed by atoms with Gasteiger partial charge in [0.2, 0.25) is 5.76 Å². The van der Waals surface area contributed by atoms with Crippen LogP contribution in [0.1, 0.15) is 50.6 Å². The zero-order chi connectivity index (χ0) is 14.8. The minimum atomic E-state index is -0.240. The van der Waals surface area contributed by atoms with Crippen molar-refractivity contribution < 1.29 is 14.1 Å². The average molecular weight is 307 g/mol. The van der Waals surface area contributed by atoms with Gasteiger partial charge in [0.05, 0.1) is 24.5 Å². The first-order valence-corrected chi connectivity index (χ1v) is 7.68. The number of aryl methyl sites for hydroxylation is 1. The largest absolute Gasteiger partial charge is 0.378 e. The van der Waals surface area contributed by atoms with Crippen molar-refractivity contribution in [1.82, 2.24) is 15.5 Å². The van der Waals surface area contributed by atoms with Crippen LogP contribution in [0.4, 0.5) is 0 Å². The third-order valence-electron chi connectivity index (χ3n) is 3.36. The van der Waals surface area contributed by atoms with Gasteiger partial charge in [-0.05, 0) is 19.8 Å². The highest BCUT2D eigenvalue weighted by atomic mass is 32.1. The lowest BCUT2D eigenvalue weighted by molar-refractivity contribution is 0.0914. The molecule has 112 valence electrons. The van der Waals surface area contributed by atoms with Gasteiger partial charge < -0.3 is 14.6 Å². The number of amides is 1. The molecule has 0 aromatic carbocycles. The van der Waals surface area contributed by atoms with Gasteiger partial charge in [0.15, 0.2) is 0 Å². The molecule has 6 nitrogen and oxygen atoms in total. The number of nitrogens with one attached hydrogen (secondary N) is 1. The van der Waals surface area contributed by atoms with Crippen molar-refractivity contribution in [2.45, 2.75) is 38.8 Å². The molecule has 0 bridgehead atoms. The van der Waals surface area contributed by atoms with E-state index >= 15 is 0 Å². The molecule has 0 unspecified atom stereocenters. The summed E-state index contributed by atoms with van der Waals surface area (Å²) in [6.45, 7) is 2.86. The second kappa shape index (κ2) is 5.95. The summed E-state index contributed by atoms with van der Waals surface area (Å²) >= 11 is 1.54. The average Bonchev–Trinajstić information content (AvgIpc) is 3.09. The predicted octanol–water partition coefficient (Wildman–Crippen LogP) is 2.39. The lowest BCUT2D eigenvalue weighted by atomic mass is 10.2. The molecule has 0 saturated heterocycles. The summed E-state index contributed by atoms with van der Waals surface area (Å²) < 4.78 is 10.2. The number of hydrogen-bond donors (Lipinski definition) is 1. The van der Waals surface area contributed by atoms with E-state index in [2.05, 4.69) is 15.5 Å². The maximum absolute atomic E-state index is 12.0. The molecule has 2 heterocycles. The SMILES string of the molecule is COCc1nc(C)c(CNC(=O)c2cc(C3CC3)no2)s1. The van der Waals surface area contributed by atoms with E-state index in [9.17, 15) is 4.79 Å². The minimum Gasteiger partial charge on any atom is -0.378 e. The number of rotatable bonds is 6. The van der Waals surface area contributed by atoms with E-state index in [1.165, 1.54) is 0 Å². The van der Waals surface area contributed by atoms with E-state index in [-0.39, 0.29) is 11.7 Å². The Kier molecular flexibility index (Phi) is 4.03. The van der Waals surface area contributed by atoms with Crippen molar-refractivity contribution >= 4 is 17.2 Å². The predicted molar refractivity (Wildman–Crippen MR) is 77.2 cm³/mol. The number of aromatic nitrogens is 2. The molecule has 2 aromatic heterocycles. The van der Waals surface area contributed by atoms with Crippen LogP contribution in [0, 0.1) is 6.92 Å². The lowest BCUT2D eigenvalue weighted by Gasteiger charge is -2.00. The van der Waals surface area contributed by atoms with Crippen LogP contribution < -0.4 is 5.32 Å². The molecule has 1 fully saturated rings. The molecular formula is C14H17N3O3S. The van der Waals surface area contributed by atoms with Crippen LogP contribution in [0.2, 0.25) is 0 Å². The van der Waals surface area contributed by atoms with Gasteiger partial charge in [-0.25, -0.2) is 4.98 Å². The van der Waals surface area contributed by atoms with Crippen molar-refractivity contribution in [1.29, 1.82) is 0 Å². The first-order valence-electron chi connectivity index (χ1n) is 6.86. The zero-order valence-corrected chi connectivity index (χ0v) is 12.8. The zero-order valence-electron chi connectivity index (χ0n) is 12.0. The van der Waals surface area contributed by atoms with Crippen LogP contribution in [-0.4, -0.2) is 23.2 Å². The van der Waals surface area contributed by atoms with Gasteiger partial charge in [-0.1, -0.05) is 5.16 Å². The van der Waals surface area contributed by atoms with Crippen molar-refractivity contribution in [2.75, 3.05) is 7.11 Å². The number of carbonyl (C=O) groups is 1. The molecule has 1 amide bonds. The second-order valence-electron chi connectivity index (χ2n) is 5.12. The molecule has 7 heteroatoms. The minimum absolute atomic E-state index is 0.240. The van der Waals surface area contributed by atoms with E-state index < -0.39 is 0 Å². The van der Waals surface area contributed by atoms with Crippen molar-refractivity contribution in [3.8, 4) is 0 Å². The fraction of sp³-hybridized carbons (Fsp3) is 0.500. The number of ether oxygens (including phenoxy) is 1. The number of thiazole rings is 1. The molecule has 0 aliphatic heterocycles. The van der Waals surface area contributed by atoms with E-state index in [1.807, 2.05) is 6.92 Å². The van der Waals surface area contributed by atoms with Gasteiger partial charge in [-0.15, -0.1) is 11.3 Å². The summed E-state index contributed by atoms with van der Waals surface area (Å²) in [5.41, 5.74) is 1.81. The number of methoxy groups -OCH3 is 1. The highest BCUT2D eigenvalue weighted by molar-refractivity contribution is 7.11. The first kappa shape index (κ1) is 14.2. The van der Waals surface area contributed by atoms with Crippen molar-refractivity contribution in [2.24, 2.45) is 0 Å². The smallest absolute Gasteiger partial charge is 0.290 e. The molecule has 1 N–H and O–H groups in total. The third-order valence-corrected chi connectivity index (χ3v) is 4.49. The Morgan fingerprint density at radius 3 is 3.10 bits per heavy atom.